The number of rotatable bonds is 5. The van der Waals surface area contributed by atoms with E-state index in [1.807, 2.05) is 6.20 Å². The van der Waals surface area contributed by atoms with Crippen LogP contribution in [0.3, 0.4) is 0 Å². The first-order valence-electron chi connectivity index (χ1n) is 5.64. The molecule has 0 aliphatic carbocycles. The number of hydrogen-bond acceptors (Lipinski definition) is 3. The summed E-state index contributed by atoms with van der Waals surface area (Å²) in [6.07, 6.45) is 1.85. The number of hydrogen-bond donors (Lipinski definition) is 1. The molecule has 100 valence electrons. The van der Waals surface area contributed by atoms with E-state index in [4.69, 9.17) is 5.11 Å². The molecule has 2 aromatic rings. The molecule has 0 atom stereocenters. The predicted octanol–water partition coefficient (Wildman–Crippen LogP) is 2.54. The molecule has 0 spiro atoms. The molecule has 0 bridgehead atoms. The minimum absolute atomic E-state index is 0.0533. The molecule has 0 saturated carbocycles. The fourth-order valence-corrected chi connectivity index (χ4v) is 2.45. The monoisotopic (exact) mass is 280 g/mol. The van der Waals surface area contributed by atoms with Crippen LogP contribution in [0.15, 0.2) is 30.5 Å². The van der Waals surface area contributed by atoms with Crippen molar-refractivity contribution in [3.63, 3.8) is 0 Å². The fraction of sp³-hybridized carbons (Fsp3) is 0.231. The molecule has 0 aliphatic heterocycles. The number of carbonyl (C=O) groups is 1. The summed E-state index contributed by atoms with van der Waals surface area (Å²) in [6, 6.07) is 6.11. The van der Waals surface area contributed by atoms with Gasteiger partial charge in [-0.3, -0.25) is 9.48 Å². The van der Waals surface area contributed by atoms with E-state index < -0.39 is 5.97 Å². The summed E-state index contributed by atoms with van der Waals surface area (Å²) >= 11 is 1.31. The molecule has 1 N–H and O–H groups in total. The topological polar surface area (TPSA) is 55.1 Å². The number of aliphatic carboxylic acids is 1. The van der Waals surface area contributed by atoms with E-state index in [2.05, 4.69) is 5.10 Å². The third kappa shape index (κ3) is 3.57. The van der Waals surface area contributed by atoms with E-state index in [1.54, 1.807) is 23.9 Å². The summed E-state index contributed by atoms with van der Waals surface area (Å²) in [5.41, 5.74) is 2.54. The quantitative estimate of drug-likeness (QED) is 0.914. The molecule has 6 heteroatoms. The maximum Gasteiger partial charge on any atom is 0.313 e. The van der Waals surface area contributed by atoms with Crippen LogP contribution in [0, 0.1) is 5.82 Å². The molecular weight excluding hydrogens is 267 g/mol. The predicted molar refractivity (Wildman–Crippen MR) is 72.4 cm³/mol. The molecular formula is C13H13FN2O2S. The van der Waals surface area contributed by atoms with E-state index in [-0.39, 0.29) is 11.6 Å². The van der Waals surface area contributed by atoms with Crippen LogP contribution in [0.1, 0.15) is 5.56 Å². The number of nitrogens with zero attached hydrogens (tertiary/aromatic N) is 2. The van der Waals surface area contributed by atoms with Crippen LogP contribution < -0.4 is 0 Å². The lowest BCUT2D eigenvalue weighted by molar-refractivity contribution is -0.133. The Balaban J connectivity index is 2.20. The summed E-state index contributed by atoms with van der Waals surface area (Å²) in [7, 11) is 1.80. The molecule has 1 aromatic carbocycles. The lowest BCUT2D eigenvalue weighted by Crippen LogP contribution is -1.98. The Morgan fingerprint density at radius 3 is 2.74 bits per heavy atom. The van der Waals surface area contributed by atoms with Crippen LogP contribution in [0.25, 0.3) is 11.3 Å². The summed E-state index contributed by atoms with van der Waals surface area (Å²) in [5.74, 6) is -0.511. The van der Waals surface area contributed by atoms with Gasteiger partial charge in [0.15, 0.2) is 0 Å². The highest BCUT2D eigenvalue weighted by molar-refractivity contribution is 7.99. The minimum Gasteiger partial charge on any atom is -0.481 e. The lowest BCUT2D eigenvalue weighted by atomic mass is 10.1. The summed E-state index contributed by atoms with van der Waals surface area (Å²) in [4.78, 5) is 10.5. The number of aromatic nitrogens is 2. The van der Waals surface area contributed by atoms with Gasteiger partial charge in [0, 0.05) is 30.1 Å². The zero-order valence-corrected chi connectivity index (χ0v) is 11.2. The number of halogens is 1. The van der Waals surface area contributed by atoms with E-state index in [0.717, 1.165) is 16.8 Å². The van der Waals surface area contributed by atoms with E-state index in [1.165, 1.54) is 23.9 Å². The average molecular weight is 280 g/mol. The van der Waals surface area contributed by atoms with Gasteiger partial charge in [-0.15, -0.1) is 11.8 Å². The smallest absolute Gasteiger partial charge is 0.313 e. The number of carboxylic acids is 1. The van der Waals surface area contributed by atoms with E-state index >= 15 is 0 Å². The second-order valence-electron chi connectivity index (χ2n) is 4.07. The van der Waals surface area contributed by atoms with Gasteiger partial charge in [0.1, 0.15) is 5.82 Å². The van der Waals surface area contributed by atoms with Gasteiger partial charge < -0.3 is 5.11 Å². The van der Waals surface area contributed by atoms with Crippen molar-refractivity contribution in [2.24, 2.45) is 7.05 Å². The number of carboxylic acid groups (broad SMARTS) is 1. The lowest BCUT2D eigenvalue weighted by Gasteiger charge is -2.01. The van der Waals surface area contributed by atoms with Gasteiger partial charge in [0.05, 0.1) is 11.4 Å². The van der Waals surface area contributed by atoms with Crippen molar-refractivity contribution in [3.05, 3.63) is 41.8 Å². The van der Waals surface area contributed by atoms with Crippen molar-refractivity contribution < 1.29 is 14.3 Å². The van der Waals surface area contributed by atoms with Crippen LogP contribution >= 0.6 is 11.8 Å². The van der Waals surface area contributed by atoms with Gasteiger partial charge in [0.2, 0.25) is 0 Å². The van der Waals surface area contributed by atoms with Gasteiger partial charge in [-0.2, -0.15) is 5.10 Å². The molecule has 1 heterocycles. The highest BCUT2D eigenvalue weighted by Gasteiger charge is 2.11. The van der Waals surface area contributed by atoms with Gasteiger partial charge in [-0.1, -0.05) is 0 Å². The molecule has 0 saturated heterocycles. The van der Waals surface area contributed by atoms with Gasteiger partial charge >= 0.3 is 5.97 Å². The summed E-state index contributed by atoms with van der Waals surface area (Å²) < 4.78 is 14.6. The molecule has 0 amide bonds. The van der Waals surface area contributed by atoms with E-state index in [9.17, 15) is 9.18 Å². The molecule has 4 nitrogen and oxygen atoms in total. The van der Waals surface area contributed by atoms with Gasteiger partial charge in [-0.25, -0.2) is 4.39 Å². The van der Waals surface area contributed by atoms with Crippen molar-refractivity contribution in [2.75, 3.05) is 5.75 Å². The van der Waals surface area contributed by atoms with Crippen molar-refractivity contribution in [3.8, 4) is 11.3 Å². The zero-order valence-electron chi connectivity index (χ0n) is 10.3. The van der Waals surface area contributed by atoms with Crippen molar-refractivity contribution in [1.29, 1.82) is 0 Å². The Hall–Kier alpha value is -1.82. The SMILES string of the molecule is Cn1cc(CSCC(=O)O)c(-c2ccc(F)cc2)n1. The highest BCUT2D eigenvalue weighted by Crippen LogP contribution is 2.25. The van der Waals surface area contributed by atoms with Gasteiger partial charge in [0.25, 0.3) is 0 Å². The fourth-order valence-electron chi connectivity index (χ4n) is 1.74. The second-order valence-corrected chi connectivity index (χ2v) is 5.06. The number of benzene rings is 1. The Labute approximate surface area is 114 Å². The first kappa shape index (κ1) is 13.6. The van der Waals surface area contributed by atoms with Crippen molar-refractivity contribution >= 4 is 17.7 Å². The van der Waals surface area contributed by atoms with E-state index in [0.29, 0.717) is 5.75 Å². The minimum atomic E-state index is -0.836. The first-order valence-corrected chi connectivity index (χ1v) is 6.79. The Kier molecular flexibility index (Phi) is 4.21. The number of aryl methyl sites for hydroxylation is 1. The van der Waals surface area contributed by atoms with Crippen LogP contribution in [-0.2, 0) is 17.6 Å². The van der Waals surface area contributed by atoms with Crippen molar-refractivity contribution in [2.45, 2.75) is 5.75 Å². The largest absolute Gasteiger partial charge is 0.481 e. The maximum absolute atomic E-state index is 12.9. The molecule has 0 radical (unpaired) electrons. The second kappa shape index (κ2) is 5.88. The Bertz CT molecular complexity index is 581. The van der Waals surface area contributed by atoms with Gasteiger partial charge in [-0.05, 0) is 24.3 Å². The maximum atomic E-state index is 12.9. The molecule has 2 rings (SSSR count). The highest BCUT2D eigenvalue weighted by atomic mass is 32.2. The normalized spacial score (nSPS) is 10.6. The Morgan fingerprint density at radius 1 is 1.42 bits per heavy atom. The third-order valence-electron chi connectivity index (χ3n) is 2.51. The summed E-state index contributed by atoms with van der Waals surface area (Å²) in [6.45, 7) is 0. The standard InChI is InChI=1S/C13H13FN2O2S/c1-16-6-10(7-19-8-12(17)18)13(15-16)9-2-4-11(14)5-3-9/h2-6H,7-8H2,1H3,(H,17,18). The summed E-state index contributed by atoms with van der Waals surface area (Å²) in [5, 5.41) is 13.0. The van der Waals surface area contributed by atoms with Crippen LogP contribution in [0.4, 0.5) is 4.39 Å². The molecule has 0 fully saturated rings. The molecule has 0 unspecified atom stereocenters. The molecule has 19 heavy (non-hydrogen) atoms. The third-order valence-corrected chi connectivity index (χ3v) is 3.47. The molecule has 1 aromatic heterocycles. The van der Waals surface area contributed by atoms with Crippen molar-refractivity contribution in [1.82, 2.24) is 9.78 Å². The van der Waals surface area contributed by atoms with Crippen LogP contribution in [0.2, 0.25) is 0 Å². The first-order chi connectivity index (χ1) is 9.06. The number of thioether (sulfide) groups is 1. The van der Waals surface area contributed by atoms with Crippen LogP contribution in [-0.4, -0.2) is 26.6 Å². The zero-order chi connectivity index (χ0) is 13.8. The van der Waals surface area contributed by atoms with Crippen LogP contribution in [0.5, 0.6) is 0 Å². The average Bonchev–Trinajstić information content (AvgIpc) is 2.71. The Morgan fingerprint density at radius 2 is 2.11 bits per heavy atom. The molecule has 0 aliphatic rings.